The Balaban J connectivity index is 2.17. The standard InChI is InChI=1S/C17H23N/c1-4-12-17(2,3)18-13-15-10-7-9-14-8-5-6-11-16(14)15/h5-11,18H,4,12-13H2,1-3H3. The van der Waals surface area contributed by atoms with Gasteiger partial charge in [0.2, 0.25) is 0 Å². The molecular formula is C17H23N. The molecule has 0 saturated carbocycles. The number of fused-ring (bicyclic) bond motifs is 1. The number of hydrogen-bond donors (Lipinski definition) is 1. The molecule has 1 heteroatoms. The third-order valence-electron chi connectivity index (χ3n) is 3.51. The summed E-state index contributed by atoms with van der Waals surface area (Å²) in [4.78, 5) is 0. The third-order valence-corrected chi connectivity index (χ3v) is 3.51. The van der Waals surface area contributed by atoms with E-state index < -0.39 is 0 Å². The Morgan fingerprint density at radius 3 is 2.50 bits per heavy atom. The van der Waals surface area contributed by atoms with E-state index in [-0.39, 0.29) is 5.54 Å². The molecule has 0 aliphatic rings. The Kier molecular flexibility index (Phi) is 4.03. The van der Waals surface area contributed by atoms with Gasteiger partial charge in [-0.15, -0.1) is 0 Å². The molecule has 0 saturated heterocycles. The highest BCUT2D eigenvalue weighted by Crippen LogP contribution is 2.19. The van der Waals surface area contributed by atoms with Crippen LogP contribution in [0.4, 0.5) is 0 Å². The molecule has 18 heavy (non-hydrogen) atoms. The smallest absolute Gasteiger partial charge is 0.0216 e. The summed E-state index contributed by atoms with van der Waals surface area (Å²) in [6, 6.07) is 15.1. The molecule has 0 aliphatic carbocycles. The lowest BCUT2D eigenvalue weighted by atomic mass is 9.97. The van der Waals surface area contributed by atoms with Crippen molar-refractivity contribution in [2.45, 2.75) is 45.7 Å². The molecule has 0 fully saturated rings. The maximum Gasteiger partial charge on any atom is 0.0216 e. The summed E-state index contributed by atoms with van der Waals surface area (Å²) in [6.07, 6.45) is 2.42. The monoisotopic (exact) mass is 241 g/mol. The van der Waals surface area contributed by atoms with Crippen molar-refractivity contribution in [1.82, 2.24) is 5.32 Å². The maximum absolute atomic E-state index is 3.67. The Bertz CT molecular complexity index is 509. The van der Waals surface area contributed by atoms with E-state index in [0.29, 0.717) is 0 Å². The van der Waals surface area contributed by atoms with E-state index in [9.17, 15) is 0 Å². The Morgan fingerprint density at radius 2 is 1.72 bits per heavy atom. The molecule has 0 radical (unpaired) electrons. The van der Waals surface area contributed by atoms with E-state index in [1.54, 1.807) is 0 Å². The van der Waals surface area contributed by atoms with E-state index in [4.69, 9.17) is 0 Å². The van der Waals surface area contributed by atoms with Gasteiger partial charge in [-0.2, -0.15) is 0 Å². The fourth-order valence-electron chi connectivity index (χ4n) is 2.49. The highest BCUT2D eigenvalue weighted by atomic mass is 14.9. The van der Waals surface area contributed by atoms with Crippen molar-refractivity contribution in [3.63, 3.8) is 0 Å². The lowest BCUT2D eigenvalue weighted by Gasteiger charge is -2.26. The topological polar surface area (TPSA) is 12.0 Å². The molecule has 2 rings (SSSR count). The van der Waals surface area contributed by atoms with Gasteiger partial charge in [0.15, 0.2) is 0 Å². The zero-order valence-electron chi connectivity index (χ0n) is 11.7. The van der Waals surface area contributed by atoms with Crippen molar-refractivity contribution in [3.8, 4) is 0 Å². The molecule has 0 bridgehead atoms. The van der Waals surface area contributed by atoms with Crippen LogP contribution in [0.3, 0.4) is 0 Å². The molecule has 0 aromatic heterocycles. The molecule has 0 heterocycles. The number of nitrogens with one attached hydrogen (secondary N) is 1. The number of rotatable bonds is 5. The minimum absolute atomic E-state index is 0.214. The van der Waals surface area contributed by atoms with E-state index >= 15 is 0 Å². The Morgan fingerprint density at radius 1 is 1.00 bits per heavy atom. The van der Waals surface area contributed by atoms with Crippen LogP contribution in [0.1, 0.15) is 39.2 Å². The van der Waals surface area contributed by atoms with Crippen LogP contribution in [0.15, 0.2) is 42.5 Å². The zero-order valence-corrected chi connectivity index (χ0v) is 11.7. The van der Waals surface area contributed by atoms with Gasteiger partial charge in [0.1, 0.15) is 0 Å². The molecule has 0 unspecified atom stereocenters. The lowest BCUT2D eigenvalue weighted by Crippen LogP contribution is -2.38. The summed E-state index contributed by atoms with van der Waals surface area (Å²) in [5.41, 5.74) is 1.60. The van der Waals surface area contributed by atoms with Crippen molar-refractivity contribution in [2.24, 2.45) is 0 Å². The van der Waals surface area contributed by atoms with Crippen molar-refractivity contribution >= 4 is 10.8 Å². The van der Waals surface area contributed by atoms with Gasteiger partial charge in [-0.05, 0) is 36.6 Å². The van der Waals surface area contributed by atoms with Crippen LogP contribution in [0.25, 0.3) is 10.8 Å². The van der Waals surface area contributed by atoms with Crippen LogP contribution in [-0.2, 0) is 6.54 Å². The summed E-state index contributed by atoms with van der Waals surface area (Å²) in [5.74, 6) is 0. The van der Waals surface area contributed by atoms with Gasteiger partial charge in [0.25, 0.3) is 0 Å². The van der Waals surface area contributed by atoms with Crippen LogP contribution in [0.2, 0.25) is 0 Å². The van der Waals surface area contributed by atoms with Crippen molar-refractivity contribution in [1.29, 1.82) is 0 Å². The normalized spacial score (nSPS) is 11.9. The third kappa shape index (κ3) is 3.11. The van der Waals surface area contributed by atoms with Crippen molar-refractivity contribution in [2.75, 3.05) is 0 Å². The molecule has 2 aromatic rings. The second-order valence-electron chi connectivity index (χ2n) is 5.63. The van der Waals surface area contributed by atoms with Gasteiger partial charge < -0.3 is 5.32 Å². The van der Waals surface area contributed by atoms with E-state index in [2.05, 4.69) is 68.6 Å². The summed E-state index contributed by atoms with van der Waals surface area (Å²) in [6.45, 7) is 7.74. The van der Waals surface area contributed by atoms with Crippen LogP contribution < -0.4 is 5.32 Å². The molecule has 2 aromatic carbocycles. The second-order valence-corrected chi connectivity index (χ2v) is 5.63. The average molecular weight is 241 g/mol. The van der Waals surface area contributed by atoms with Crippen LogP contribution in [0.5, 0.6) is 0 Å². The van der Waals surface area contributed by atoms with E-state index in [0.717, 1.165) is 6.54 Å². The first-order valence-corrected chi connectivity index (χ1v) is 6.84. The minimum atomic E-state index is 0.214. The minimum Gasteiger partial charge on any atom is -0.308 e. The van der Waals surface area contributed by atoms with Gasteiger partial charge in [0, 0.05) is 12.1 Å². The number of hydrogen-bond acceptors (Lipinski definition) is 1. The van der Waals surface area contributed by atoms with Crippen molar-refractivity contribution < 1.29 is 0 Å². The second kappa shape index (κ2) is 5.53. The first-order valence-electron chi connectivity index (χ1n) is 6.84. The largest absolute Gasteiger partial charge is 0.308 e. The van der Waals surface area contributed by atoms with Crippen molar-refractivity contribution in [3.05, 3.63) is 48.0 Å². The first-order chi connectivity index (χ1) is 8.62. The maximum atomic E-state index is 3.67. The molecule has 0 aliphatic heterocycles. The SMILES string of the molecule is CCCC(C)(C)NCc1cccc2ccccc12. The summed E-state index contributed by atoms with van der Waals surface area (Å²) in [7, 11) is 0. The zero-order chi connectivity index (χ0) is 13.0. The van der Waals surface area contributed by atoms with Gasteiger partial charge in [-0.25, -0.2) is 0 Å². The molecule has 96 valence electrons. The van der Waals surface area contributed by atoms with Crippen LogP contribution in [-0.4, -0.2) is 5.54 Å². The molecule has 1 nitrogen and oxygen atoms in total. The summed E-state index contributed by atoms with van der Waals surface area (Å²) in [5, 5.41) is 6.35. The molecule has 0 amide bonds. The van der Waals surface area contributed by atoms with Gasteiger partial charge in [-0.1, -0.05) is 55.8 Å². The molecule has 0 spiro atoms. The average Bonchev–Trinajstić information content (AvgIpc) is 2.36. The first kappa shape index (κ1) is 13.1. The summed E-state index contributed by atoms with van der Waals surface area (Å²) < 4.78 is 0. The molecular weight excluding hydrogens is 218 g/mol. The number of benzene rings is 2. The van der Waals surface area contributed by atoms with Gasteiger partial charge >= 0.3 is 0 Å². The quantitative estimate of drug-likeness (QED) is 0.812. The lowest BCUT2D eigenvalue weighted by molar-refractivity contribution is 0.357. The fraction of sp³-hybridized carbons (Fsp3) is 0.412. The molecule has 0 atom stereocenters. The van der Waals surface area contributed by atoms with Gasteiger partial charge in [-0.3, -0.25) is 0 Å². The van der Waals surface area contributed by atoms with E-state index in [1.807, 2.05) is 0 Å². The Hall–Kier alpha value is -1.34. The Labute approximate surface area is 110 Å². The highest BCUT2D eigenvalue weighted by Gasteiger charge is 2.15. The fourth-order valence-corrected chi connectivity index (χ4v) is 2.49. The van der Waals surface area contributed by atoms with Gasteiger partial charge in [0.05, 0.1) is 0 Å². The summed E-state index contributed by atoms with van der Waals surface area (Å²) >= 11 is 0. The van der Waals surface area contributed by atoms with E-state index in [1.165, 1.54) is 29.2 Å². The van der Waals surface area contributed by atoms with Crippen LogP contribution >= 0.6 is 0 Å². The predicted molar refractivity (Wildman–Crippen MR) is 79.8 cm³/mol. The highest BCUT2D eigenvalue weighted by molar-refractivity contribution is 5.85. The predicted octanol–water partition coefficient (Wildman–Crippen LogP) is 4.51. The molecule has 1 N–H and O–H groups in total. The van der Waals surface area contributed by atoms with Crippen LogP contribution in [0, 0.1) is 0 Å².